The van der Waals surface area contributed by atoms with Gasteiger partial charge in [0, 0.05) is 5.75 Å². The quantitative estimate of drug-likeness (QED) is 0.191. The van der Waals surface area contributed by atoms with Gasteiger partial charge in [-0.25, -0.2) is 4.79 Å². The molecular formula is C15H26N4O7S. The van der Waals surface area contributed by atoms with Crippen LogP contribution >= 0.6 is 12.6 Å². The van der Waals surface area contributed by atoms with Gasteiger partial charge < -0.3 is 31.9 Å². The molecule has 0 bridgehead atoms. The highest BCUT2D eigenvalue weighted by atomic mass is 32.1. The Hall–Kier alpha value is -2.34. The Morgan fingerprint density at radius 3 is 1.78 bits per heavy atom. The molecule has 4 unspecified atom stereocenters. The lowest BCUT2D eigenvalue weighted by atomic mass is 10.0. The number of carboxylic acid groups (broad SMARTS) is 2. The van der Waals surface area contributed by atoms with Crippen LogP contribution in [0.2, 0.25) is 0 Å². The predicted molar refractivity (Wildman–Crippen MR) is 98.0 cm³/mol. The van der Waals surface area contributed by atoms with E-state index in [0.717, 1.165) is 0 Å². The van der Waals surface area contributed by atoms with E-state index in [4.69, 9.17) is 15.9 Å². The lowest BCUT2D eigenvalue weighted by Crippen LogP contribution is -2.58. The van der Waals surface area contributed by atoms with Crippen molar-refractivity contribution in [2.75, 3.05) is 5.75 Å². The molecule has 0 aromatic rings. The number of carboxylic acids is 2. The normalized spacial score (nSPS) is 15.2. The molecule has 0 aromatic carbocycles. The van der Waals surface area contributed by atoms with E-state index in [2.05, 4.69) is 28.6 Å². The van der Waals surface area contributed by atoms with Crippen molar-refractivity contribution in [3.63, 3.8) is 0 Å². The van der Waals surface area contributed by atoms with Gasteiger partial charge in [-0.15, -0.1) is 0 Å². The smallest absolute Gasteiger partial charge is 0.327 e. The van der Waals surface area contributed by atoms with Gasteiger partial charge in [-0.2, -0.15) is 12.6 Å². The second kappa shape index (κ2) is 11.4. The van der Waals surface area contributed by atoms with E-state index >= 15 is 0 Å². The average molecular weight is 406 g/mol. The van der Waals surface area contributed by atoms with E-state index in [1.54, 1.807) is 13.8 Å². The van der Waals surface area contributed by atoms with E-state index in [1.165, 1.54) is 6.92 Å². The zero-order valence-corrected chi connectivity index (χ0v) is 16.2. The first kappa shape index (κ1) is 24.7. The van der Waals surface area contributed by atoms with E-state index in [0.29, 0.717) is 0 Å². The standard InChI is InChI=1S/C15H26N4O7S/c1-6(2)11(19-12(22)7(3)16)14(24)17-8(4-10(20)21)13(23)18-9(5-27)15(25)26/h6-9,11,27H,4-5,16H2,1-3H3,(H,17,24)(H,18,23)(H,19,22)(H,20,21)(H,25,26). The van der Waals surface area contributed by atoms with Crippen LogP contribution in [0.5, 0.6) is 0 Å². The second-order valence-corrected chi connectivity index (χ2v) is 6.63. The van der Waals surface area contributed by atoms with E-state index in [-0.39, 0.29) is 11.7 Å². The fourth-order valence-corrected chi connectivity index (χ4v) is 2.17. The van der Waals surface area contributed by atoms with Gasteiger partial charge in [-0.3, -0.25) is 19.2 Å². The highest BCUT2D eigenvalue weighted by Crippen LogP contribution is 2.05. The lowest BCUT2D eigenvalue weighted by molar-refractivity contribution is -0.143. The molecule has 0 radical (unpaired) electrons. The van der Waals surface area contributed by atoms with Gasteiger partial charge in [0.2, 0.25) is 17.7 Å². The van der Waals surface area contributed by atoms with Gasteiger partial charge in [-0.05, 0) is 12.8 Å². The average Bonchev–Trinajstić information content (AvgIpc) is 2.54. The first-order chi connectivity index (χ1) is 12.4. The third-order valence-electron chi connectivity index (χ3n) is 3.47. The fraction of sp³-hybridized carbons (Fsp3) is 0.667. The predicted octanol–water partition coefficient (Wildman–Crippen LogP) is -2.07. The first-order valence-corrected chi connectivity index (χ1v) is 8.76. The summed E-state index contributed by atoms with van der Waals surface area (Å²) >= 11 is 3.80. The number of rotatable bonds is 11. The summed E-state index contributed by atoms with van der Waals surface area (Å²) in [4.78, 5) is 58.4. The minimum Gasteiger partial charge on any atom is -0.481 e. The van der Waals surface area contributed by atoms with Gasteiger partial charge in [-0.1, -0.05) is 13.8 Å². The van der Waals surface area contributed by atoms with E-state index in [9.17, 15) is 24.0 Å². The minimum absolute atomic E-state index is 0.228. The molecule has 0 heterocycles. The van der Waals surface area contributed by atoms with Crippen molar-refractivity contribution in [3.05, 3.63) is 0 Å². The second-order valence-electron chi connectivity index (χ2n) is 6.26. The number of nitrogens with one attached hydrogen (secondary N) is 3. The number of hydrogen-bond acceptors (Lipinski definition) is 7. The summed E-state index contributed by atoms with van der Waals surface area (Å²) in [5.74, 6) is -5.73. The third kappa shape index (κ3) is 8.73. The Morgan fingerprint density at radius 1 is 0.889 bits per heavy atom. The molecule has 11 nitrogen and oxygen atoms in total. The topological polar surface area (TPSA) is 188 Å². The lowest BCUT2D eigenvalue weighted by Gasteiger charge is -2.25. The SMILES string of the molecule is CC(N)C(=O)NC(C(=O)NC(CC(=O)O)C(=O)NC(CS)C(=O)O)C(C)C. The van der Waals surface area contributed by atoms with Crippen molar-refractivity contribution in [3.8, 4) is 0 Å². The van der Waals surface area contributed by atoms with Crippen molar-refractivity contribution in [1.82, 2.24) is 16.0 Å². The molecular weight excluding hydrogens is 380 g/mol. The molecule has 0 rings (SSSR count). The zero-order valence-electron chi connectivity index (χ0n) is 15.3. The summed E-state index contributed by atoms with van der Waals surface area (Å²) in [7, 11) is 0. The molecule has 27 heavy (non-hydrogen) atoms. The van der Waals surface area contributed by atoms with Crippen molar-refractivity contribution < 1.29 is 34.2 Å². The number of carbonyl (C=O) groups excluding carboxylic acids is 3. The van der Waals surface area contributed by atoms with Crippen LogP contribution in [0.3, 0.4) is 0 Å². The molecule has 154 valence electrons. The van der Waals surface area contributed by atoms with Crippen molar-refractivity contribution >= 4 is 42.3 Å². The Labute approximate surface area is 161 Å². The van der Waals surface area contributed by atoms with E-state index < -0.39 is 60.2 Å². The Bertz CT molecular complexity index is 583. The number of nitrogens with two attached hydrogens (primary N) is 1. The maximum atomic E-state index is 12.5. The van der Waals surface area contributed by atoms with Crippen LogP contribution in [0.15, 0.2) is 0 Å². The molecule has 3 amide bonds. The maximum absolute atomic E-state index is 12.5. The van der Waals surface area contributed by atoms with Crippen molar-refractivity contribution in [2.45, 2.75) is 51.4 Å². The van der Waals surface area contributed by atoms with Gasteiger partial charge in [0.15, 0.2) is 0 Å². The van der Waals surface area contributed by atoms with Crippen LogP contribution in [0, 0.1) is 5.92 Å². The van der Waals surface area contributed by atoms with Gasteiger partial charge in [0.25, 0.3) is 0 Å². The highest BCUT2D eigenvalue weighted by Gasteiger charge is 2.32. The maximum Gasteiger partial charge on any atom is 0.327 e. The molecule has 0 aliphatic carbocycles. The summed E-state index contributed by atoms with van der Waals surface area (Å²) in [6.07, 6.45) is -0.775. The Morgan fingerprint density at radius 2 is 1.41 bits per heavy atom. The molecule has 12 heteroatoms. The number of hydrogen-bond donors (Lipinski definition) is 7. The Kier molecular flexibility index (Phi) is 10.4. The zero-order chi connectivity index (χ0) is 21.3. The molecule has 0 aromatic heterocycles. The molecule has 4 atom stereocenters. The molecule has 0 saturated carbocycles. The monoisotopic (exact) mass is 406 g/mol. The summed E-state index contributed by atoms with van der Waals surface area (Å²) in [5, 5.41) is 24.7. The fourth-order valence-electron chi connectivity index (χ4n) is 1.92. The number of carbonyl (C=O) groups is 5. The molecule has 0 spiro atoms. The molecule has 0 aliphatic rings. The van der Waals surface area contributed by atoms with Crippen LogP contribution < -0.4 is 21.7 Å². The summed E-state index contributed by atoms with van der Waals surface area (Å²) < 4.78 is 0. The highest BCUT2D eigenvalue weighted by molar-refractivity contribution is 7.80. The van der Waals surface area contributed by atoms with Gasteiger partial charge >= 0.3 is 11.9 Å². The molecule has 0 fully saturated rings. The van der Waals surface area contributed by atoms with Crippen LogP contribution in [0.4, 0.5) is 0 Å². The third-order valence-corrected chi connectivity index (χ3v) is 3.83. The van der Waals surface area contributed by atoms with Crippen LogP contribution in [0.25, 0.3) is 0 Å². The van der Waals surface area contributed by atoms with Crippen LogP contribution in [-0.2, 0) is 24.0 Å². The molecule has 0 aliphatic heterocycles. The Balaban J connectivity index is 5.31. The van der Waals surface area contributed by atoms with Gasteiger partial charge in [0.1, 0.15) is 18.1 Å². The number of aliphatic carboxylic acids is 2. The van der Waals surface area contributed by atoms with Crippen molar-refractivity contribution in [2.24, 2.45) is 11.7 Å². The molecule has 0 saturated heterocycles. The summed E-state index contributed by atoms with van der Waals surface area (Å²) in [5.41, 5.74) is 5.45. The van der Waals surface area contributed by atoms with E-state index in [1.807, 2.05) is 0 Å². The largest absolute Gasteiger partial charge is 0.481 e. The van der Waals surface area contributed by atoms with Crippen molar-refractivity contribution in [1.29, 1.82) is 0 Å². The van der Waals surface area contributed by atoms with Gasteiger partial charge in [0.05, 0.1) is 12.5 Å². The van der Waals surface area contributed by atoms with Crippen LogP contribution in [0.1, 0.15) is 27.2 Å². The van der Waals surface area contributed by atoms with Crippen LogP contribution in [-0.4, -0.2) is 69.8 Å². The summed E-state index contributed by atoms with van der Waals surface area (Å²) in [6, 6.07) is -4.82. The molecule has 7 N–H and O–H groups in total. The summed E-state index contributed by atoms with van der Waals surface area (Å²) in [6.45, 7) is 4.70. The number of amides is 3. The first-order valence-electron chi connectivity index (χ1n) is 8.12. The minimum atomic E-state index is -1.54. The number of thiol groups is 1.